The van der Waals surface area contributed by atoms with Crippen molar-refractivity contribution in [2.75, 3.05) is 38.2 Å². The van der Waals surface area contributed by atoms with Gasteiger partial charge < -0.3 is 19.6 Å². The number of alkyl halides is 3. The summed E-state index contributed by atoms with van der Waals surface area (Å²) in [7, 11) is 1.67. The molecule has 186 valence electrons. The van der Waals surface area contributed by atoms with Gasteiger partial charge in [0.1, 0.15) is 5.75 Å². The Kier molecular flexibility index (Phi) is 6.81. The lowest BCUT2D eigenvalue weighted by atomic mass is 10.1. The number of hydrogen-bond acceptors (Lipinski definition) is 6. The summed E-state index contributed by atoms with van der Waals surface area (Å²) < 4.78 is 39.1. The lowest BCUT2D eigenvalue weighted by molar-refractivity contribution is -0.192. The van der Waals surface area contributed by atoms with E-state index in [0.717, 1.165) is 67.5 Å². The molecule has 1 saturated carbocycles. The number of fused-ring (bicyclic) bond motifs is 1. The number of carboxylic acids is 1. The molecule has 3 aromatic rings. The average Bonchev–Trinajstić information content (AvgIpc) is 3.62. The first-order valence-electron chi connectivity index (χ1n) is 11.0. The SMILES string of the molecule is COc1ccc(-c2cnc3c(N4CCN(C(=O)C5CC5)CC4)nccn23)cc1.O=C(O)C(F)(F)F. The molecule has 1 aliphatic carbocycles. The highest BCUT2D eigenvalue weighted by molar-refractivity contribution is 5.81. The molecule has 1 aliphatic heterocycles. The number of methoxy groups -OCH3 is 1. The Balaban J connectivity index is 0.000000364. The Morgan fingerprint density at radius 1 is 1.06 bits per heavy atom. The van der Waals surface area contributed by atoms with Gasteiger partial charge in [-0.15, -0.1) is 0 Å². The van der Waals surface area contributed by atoms with Gasteiger partial charge in [0, 0.05) is 50.1 Å². The number of imidazole rings is 1. The molecule has 12 heteroatoms. The van der Waals surface area contributed by atoms with Crippen molar-refractivity contribution in [3.8, 4) is 17.0 Å². The second-order valence-electron chi connectivity index (χ2n) is 8.21. The van der Waals surface area contributed by atoms with Crippen LogP contribution in [-0.2, 0) is 9.59 Å². The minimum absolute atomic E-state index is 0.285. The number of carbonyl (C=O) groups is 2. The normalized spacial score (nSPS) is 16.0. The van der Waals surface area contributed by atoms with E-state index in [4.69, 9.17) is 14.6 Å². The second-order valence-corrected chi connectivity index (χ2v) is 8.21. The minimum atomic E-state index is -5.08. The van der Waals surface area contributed by atoms with Crippen LogP contribution in [0.15, 0.2) is 42.9 Å². The number of anilines is 1. The van der Waals surface area contributed by atoms with Crippen molar-refractivity contribution in [3.05, 3.63) is 42.9 Å². The number of amides is 1. The molecule has 0 radical (unpaired) electrons. The zero-order valence-corrected chi connectivity index (χ0v) is 18.9. The molecule has 2 aliphatic rings. The zero-order valence-electron chi connectivity index (χ0n) is 18.9. The predicted octanol–water partition coefficient (Wildman–Crippen LogP) is 3.10. The summed E-state index contributed by atoms with van der Waals surface area (Å²) in [4.78, 5) is 34.7. The summed E-state index contributed by atoms with van der Waals surface area (Å²) in [5.41, 5.74) is 2.93. The summed E-state index contributed by atoms with van der Waals surface area (Å²) in [6, 6.07) is 7.97. The van der Waals surface area contributed by atoms with Gasteiger partial charge in [0.15, 0.2) is 11.5 Å². The lowest BCUT2D eigenvalue weighted by Crippen LogP contribution is -2.49. The number of carbonyl (C=O) groups excluding carboxylic acids is 1. The largest absolute Gasteiger partial charge is 0.497 e. The molecule has 35 heavy (non-hydrogen) atoms. The van der Waals surface area contributed by atoms with Crippen molar-refractivity contribution in [3.63, 3.8) is 0 Å². The molecule has 3 heterocycles. The second kappa shape index (κ2) is 9.80. The van der Waals surface area contributed by atoms with Crippen LogP contribution >= 0.6 is 0 Å². The Bertz CT molecular complexity index is 1200. The van der Waals surface area contributed by atoms with E-state index in [1.807, 2.05) is 47.8 Å². The van der Waals surface area contributed by atoms with Gasteiger partial charge >= 0.3 is 12.1 Å². The lowest BCUT2D eigenvalue weighted by Gasteiger charge is -2.35. The molecular weight excluding hydrogens is 467 g/mol. The number of hydrogen-bond donors (Lipinski definition) is 1. The van der Waals surface area contributed by atoms with Crippen molar-refractivity contribution in [1.82, 2.24) is 19.3 Å². The van der Waals surface area contributed by atoms with Crippen LogP contribution in [-0.4, -0.2) is 75.7 Å². The topological polar surface area (TPSA) is 100 Å². The highest BCUT2D eigenvalue weighted by atomic mass is 19.4. The summed E-state index contributed by atoms with van der Waals surface area (Å²) in [6.45, 7) is 3.08. The fourth-order valence-electron chi connectivity index (χ4n) is 3.83. The number of ether oxygens (including phenoxy) is 1. The number of nitrogens with zero attached hydrogens (tertiary/aromatic N) is 5. The van der Waals surface area contributed by atoms with Crippen LogP contribution in [0.2, 0.25) is 0 Å². The molecular formula is C23H24F3N5O4. The maximum atomic E-state index is 12.3. The number of rotatable bonds is 4. The minimum Gasteiger partial charge on any atom is -0.497 e. The number of halogens is 3. The highest BCUT2D eigenvalue weighted by Crippen LogP contribution is 2.32. The number of benzene rings is 1. The smallest absolute Gasteiger partial charge is 0.490 e. The molecule has 1 saturated heterocycles. The third kappa shape index (κ3) is 5.47. The van der Waals surface area contributed by atoms with E-state index in [9.17, 15) is 18.0 Å². The van der Waals surface area contributed by atoms with Gasteiger partial charge in [0.2, 0.25) is 5.91 Å². The third-order valence-electron chi connectivity index (χ3n) is 5.86. The Hall–Kier alpha value is -3.83. The molecule has 0 unspecified atom stereocenters. The molecule has 5 rings (SSSR count). The van der Waals surface area contributed by atoms with E-state index in [1.54, 1.807) is 7.11 Å². The van der Waals surface area contributed by atoms with Gasteiger partial charge in [-0.3, -0.25) is 9.20 Å². The van der Waals surface area contributed by atoms with E-state index in [1.165, 1.54) is 0 Å². The third-order valence-corrected chi connectivity index (χ3v) is 5.86. The van der Waals surface area contributed by atoms with E-state index < -0.39 is 12.1 Å². The van der Waals surface area contributed by atoms with Crippen LogP contribution in [0.3, 0.4) is 0 Å². The van der Waals surface area contributed by atoms with Crippen LogP contribution in [0.5, 0.6) is 5.75 Å². The fourth-order valence-corrected chi connectivity index (χ4v) is 3.83. The van der Waals surface area contributed by atoms with E-state index in [-0.39, 0.29) is 5.92 Å². The molecule has 1 N–H and O–H groups in total. The Labute approximate surface area is 198 Å². The first-order chi connectivity index (χ1) is 16.7. The maximum absolute atomic E-state index is 12.3. The average molecular weight is 491 g/mol. The van der Waals surface area contributed by atoms with Crippen molar-refractivity contribution >= 4 is 23.3 Å². The van der Waals surface area contributed by atoms with Crippen molar-refractivity contribution in [2.45, 2.75) is 19.0 Å². The Morgan fingerprint density at radius 2 is 1.69 bits per heavy atom. The van der Waals surface area contributed by atoms with Crippen molar-refractivity contribution in [2.24, 2.45) is 5.92 Å². The van der Waals surface area contributed by atoms with Gasteiger partial charge in [-0.2, -0.15) is 13.2 Å². The summed E-state index contributed by atoms with van der Waals surface area (Å²) >= 11 is 0. The standard InChI is InChI=1S/C21H23N5O2.C2HF3O2/c1-28-17-6-4-15(5-7-17)18-14-23-20-19(22-8-9-26(18)20)24-10-12-25(13-11-24)21(27)16-2-3-16;3-2(4,5)1(6)7/h4-9,14,16H,2-3,10-13H2,1H3;(H,6,7). The summed E-state index contributed by atoms with van der Waals surface area (Å²) in [5, 5.41) is 7.12. The molecule has 9 nitrogen and oxygen atoms in total. The number of piperazine rings is 1. The zero-order chi connectivity index (χ0) is 25.2. The molecule has 1 amide bonds. The number of carboxylic acid groups (broad SMARTS) is 1. The quantitative estimate of drug-likeness (QED) is 0.599. The van der Waals surface area contributed by atoms with E-state index in [2.05, 4.69) is 19.3 Å². The molecule has 1 aromatic carbocycles. The fraction of sp³-hybridized carbons (Fsp3) is 0.391. The van der Waals surface area contributed by atoms with Gasteiger partial charge in [-0.05, 0) is 37.1 Å². The van der Waals surface area contributed by atoms with Crippen molar-refractivity contribution < 1.29 is 32.6 Å². The number of aromatic nitrogens is 3. The predicted molar refractivity (Wildman–Crippen MR) is 120 cm³/mol. The maximum Gasteiger partial charge on any atom is 0.490 e. The molecule has 0 spiro atoms. The van der Waals surface area contributed by atoms with Gasteiger partial charge in [-0.25, -0.2) is 14.8 Å². The van der Waals surface area contributed by atoms with E-state index in [0.29, 0.717) is 5.91 Å². The molecule has 0 atom stereocenters. The van der Waals surface area contributed by atoms with Crippen LogP contribution < -0.4 is 9.64 Å². The summed E-state index contributed by atoms with van der Waals surface area (Å²) in [6.07, 6.45) is 2.68. The highest BCUT2D eigenvalue weighted by Gasteiger charge is 2.38. The first kappa shape index (κ1) is 24.3. The Morgan fingerprint density at radius 3 is 2.23 bits per heavy atom. The molecule has 0 bridgehead atoms. The van der Waals surface area contributed by atoms with Crippen LogP contribution in [0.4, 0.5) is 19.0 Å². The number of aliphatic carboxylic acids is 1. The van der Waals surface area contributed by atoms with Gasteiger partial charge in [-0.1, -0.05) is 0 Å². The monoisotopic (exact) mass is 491 g/mol. The van der Waals surface area contributed by atoms with Gasteiger partial charge in [0.25, 0.3) is 0 Å². The van der Waals surface area contributed by atoms with Crippen molar-refractivity contribution in [1.29, 1.82) is 0 Å². The first-order valence-corrected chi connectivity index (χ1v) is 11.0. The van der Waals surface area contributed by atoms with Crippen LogP contribution in [0, 0.1) is 5.92 Å². The summed E-state index contributed by atoms with van der Waals surface area (Å²) in [5.74, 6) is -0.437. The van der Waals surface area contributed by atoms with Gasteiger partial charge in [0.05, 0.1) is 19.0 Å². The van der Waals surface area contributed by atoms with Crippen LogP contribution in [0.1, 0.15) is 12.8 Å². The van der Waals surface area contributed by atoms with E-state index >= 15 is 0 Å². The van der Waals surface area contributed by atoms with Crippen LogP contribution in [0.25, 0.3) is 16.9 Å². The molecule has 2 fully saturated rings. The molecule has 2 aromatic heterocycles.